The molecule has 0 bridgehead atoms. The molecule has 1 saturated heterocycles. The van der Waals surface area contributed by atoms with Crippen molar-refractivity contribution in [1.29, 1.82) is 0 Å². The summed E-state index contributed by atoms with van der Waals surface area (Å²) >= 11 is 12.1. The molecule has 20 heavy (non-hydrogen) atoms. The van der Waals surface area contributed by atoms with Crippen LogP contribution in [-0.4, -0.2) is 24.1 Å². The van der Waals surface area contributed by atoms with Gasteiger partial charge in [-0.25, -0.2) is 0 Å². The number of aromatic hydroxyl groups is 1. The average molecular weight is 317 g/mol. The fourth-order valence-corrected chi connectivity index (χ4v) is 2.94. The molecule has 1 aromatic carbocycles. The first-order valence-electron chi connectivity index (χ1n) is 6.68. The van der Waals surface area contributed by atoms with E-state index < -0.39 is 0 Å². The maximum atomic E-state index is 12.2. The van der Waals surface area contributed by atoms with Crippen LogP contribution in [-0.2, 0) is 4.79 Å². The van der Waals surface area contributed by atoms with E-state index in [4.69, 9.17) is 23.2 Å². The fraction of sp³-hybridized carbons (Fsp3) is 0.500. The van der Waals surface area contributed by atoms with Crippen LogP contribution in [0.4, 0.5) is 0 Å². The van der Waals surface area contributed by atoms with Gasteiger partial charge in [0, 0.05) is 11.5 Å². The van der Waals surface area contributed by atoms with E-state index in [0.29, 0.717) is 10.6 Å². The molecule has 0 radical (unpaired) electrons. The van der Waals surface area contributed by atoms with Crippen LogP contribution in [0.2, 0.25) is 10.0 Å². The lowest BCUT2D eigenvalue weighted by Crippen LogP contribution is -2.39. The Morgan fingerprint density at radius 3 is 2.70 bits per heavy atom. The summed E-state index contributed by atoms with van der Waals surface area (Å²) in [5, 5.41) is 16.7. The number of hydrogen-bond donors (Lipinski definition) is 3. The zero-order chi connectivity index (χ0) is 14.7. The lowest BCUT2D eigenvalue weighted by molar-refractivity contribution is -0.126. The second kappa shape index (κ2) is 6.66. The number of nitrogens with one attached hydrogen (secondary N) is 2. The molecule has 6 heteroatoms. The number of amides is 1. The van der Waals surface area contributed by atoms with Crippen molar-refractivity contribution < 1.29 is 9.90 Å². The molecule has 1 heterocycles. The molecule has 3 N–H and O–H groups in total. The molecule has 0 saturated carbocycles. The number of carbonyl (C=O) groups is 1. The second-order valence-electron chi connectivity index (χ2n) is 5.05. The summed E-state index contributed by atoms with van der Waals surface area (Å²) in [4.78, 5) is 12.2. The van der Waals surface area contributed by atoms with Gasteiger partial charge >= 0.3 is 0 Å². The van der Waals surface area contributed by atoms with Crippen molar-refractivity contribution in [3.05, 3.63) is 27.7 Å². The standard InChI is InChI=1S/C14H18Cl2N2O2/c1-8(12-11(19)3-2-10(15)13(12)16)18-14(20)9-4-6-17-7-5-9/h2-3,8-9,17,19H,4-7H2,1H3,(H,18,20)/t8-/m0/s1. The van der Waals surface area contributed by atoms with Gasteiger partial charge in [0.2, 0.25) is 5.91 Å². The maximum Gasteiger partial charge on any atom is 0.223 e. The van der Waals surface area contributed by atoms with Gasteiger partial charge in [-0.1, -0.05) is 23.2 Å². The van der Waals surface area contributed by atoms with E-state index in [2.05, 4.69) is 10.6 Å². The highest BCUT2D eigenvalue weighted by atomic mass is 35.5. The average Bonchev–Trinajstić information content (AvgIpc) is 2.44. The lowest BCUT2D eigenvalue weighted by atomic mass is 9.96. The van der Waals surface area contributed by atoms with E-state index in [1.54, 1.807) is 6.92 Å². The van der Waals surface area contributed by atoms with Gasteiger partial charge in [0.25, 0.3) is 0 Å². The quantitative estimate of drug-likeness (QED) is 0.803. The number of rotatable bonds is 3. The van der Waals surface area contributed by atoms with Crippen molar-refractivity contribution in [2.75, 3.05) is 13.1 Å². The fourth-order valence-electron chi connectivity index (χ4n) is 2.46. The molecule has 1 aliphatic rings. The smallest absolute Gasteiger partial charge is 0.223 e. The highest BCUT2D eigenvalue weighted by Gasteiger charge is 2.24. The van der Waals surface area contributed by atoms with E-state index in [1.807, 2.05) is 0 Å². The minimum absolute atomic E-state index is 0.00515. The zero-order valence-electron chi connectivity index (χ0n) is 11.2. The van der Waals surface area contributed by atoms with E-state index in [9.17, 15) is 9.90 Å². The topological polar surface area (TPSA) is 61.4 Å². The Hall–Kier alpha value is -0.970. The van der Waals surface area contributed by atoms with Crippen LogP contribution in [0.3, 0.4) is 0 Å². The molecule has 0 spiro atoms. The van der Waals surface area contributed by atoms with Crippen molar-refractivity contribution in [2.24, 2.45) is 5.92 Å². The van der Waals surface area contributed by atoms with E-state index in [0.717, 1.165) is 25.9 Å². The number of piperidine rings is 1. The van der Waals surface area contributed by atoms with Crippen molar-refractivity contribution in [3.8, 4) is 5.75 Å². The van der Waals surface area contributed by atoms with Gasteiger partial charge in [0.05, 0.1) is 16.1 Å². The Morgan fingerprint density at radius 2 is 2.05 bits per heavy atom. The van der Waals surface area contributed by atoms with Gasteiger partial charge in [0.15, 0.2) is 0 Å². The van der Waals surface area contributed by atoms with Crippen molar-refractivity contribution in [3.63, 3.8) is 0 Å². The predicted molar refractivity (Wildman–Crippen MR) is 80.3 cm³/mol. The molecular weight excluding hydrogens is 299 g/mol. The van der Waals surface area contributed by atoms with Gasteiger partial charge in [-0.15, -0.1) is 0 Å². The molecule has 0 aliphatic carbocycles. The Labute approximate surface area is 128 Å². The first kappa shape index (κ1) is 15.4. The molecular formula is C14H18Cl2N2O2. The van der Waals surface area contributed by atoms with Crippen molar-refractivity contribution in [1.82, 2.24) is 10.6 Å². The van der Waals surface area contributed by atoms with Crippen LogP contribution in [0, 0.1) is 5.92 Å². The summed E-state index contributed by atoms with van der Waals surface area (Å²) in [6, 6.07) is 2.63. The minimum Gasteiger partial charge on any atom is -0.508 e. The Balaban J connectivity index is 2.10. The summed E-state index contributed by atoms with van der Waals surface area (Å²) in [6.07, 6.45) is 1.65. The van der Waals surface area contributed by atoms with Crippen LogP contribution in [0.1, 0.15) is 31.4 Å². The maximum absolute atomic E-state index is 12.2. The molecule has 1 atom stereocenters. The van der Waals surface area contributed by atoms with Crippen LogP contribution < -0.4 is 10.6 Å². The summed E-state index contributed by atoms with van der Waals surface area (Å²) in [5.74, 6) is 0.0470. The first-order chi connectivity index (χ1) is 9.50. The number of halogens is 2. The minimum atomic E-state index is -0.386. The SMILES string of the molecule is C[C@H](NC(=O)C1CCNCC1)c1c(O)ccc(Cl)c1Cl. The molecule has 0 aromatic heterocycles. The number of benzene rings is 1. The third-order valence-corrected chi connectivity index (χ3v) is 4.43. The van der Waals surface area contributed by atoms with E-state index in [-0.39, 0.29) is 28.6 Å². The van der Waals surface area contributed by atoms with Crippen LogP contribution in [0.5, 0.6) is 5.75 Å². The monoisotopic (exact) mass is 316 g/mol. The summed E-state index contributed by atoms with van der Waals surface area (Å²) in [5.41, 5.74) is 0.460. The van der Waals surface area contributed by atoms with E-state index >= 15 is 0 Å². The summed E-state index contributed by atoms with van der Waals surface area (Å²) < 4.78 is 0. The largest absolute Gasteiger partial charge is 0.508 e. The highest BCUT2D eigenvalue weighted by molar-refractivity contribution is 6.42. The second-order valence-corrected chi connectivity index (χ2v) is 5.83. The molecule has 0 unspecified atom stereocenters. The van der Waals surface area contributed by atoms with Gasteiger partial charge in [-0.2, -0.15) is 0 Å². The third-order valence-electron chi connectivity index (χ3n) is 3.61. The van der Waals surface area contributed by atoms with E-state index in [1.165, 1.54) is 12.1 Å². The number of carbonyl (C=O) groups excluding carboxylic acids is 1. The molecule has 4 nitrogen and oxygen atoms in total. The van der Waals surface area contributed by atoms with Crippen LogP contribution >= 0.6 is 23.2 Å². The number of phenolic OH excluding ortho intramolecular Hbond substituents is 1. The highest BCUT2D eigenvalue weighted by Crippen LogP contribution is 2.36. The Morgan fingerprint density at radius 1 is 1.40 bits per heavy atom. The number of phenols is 1. The van der Waals surface area contributed by atoms with Crippen molar-refractivity contribution in [2.45, 2.75) is 25.8 Å². The predicted octanol–water partition coefficient (Wildman–Crippen LogP) is 2.88. The third kappa shape index (κ3) is 3.37. The summed E-state index contributed by atoms with van der Waals surface area (Å²) in [7, 11) is 0. The van der Waals surface area contributed by atoms with Crippen LogP contribution in [0.25, 0.3) is 0 Å². The van der Waals surface area contributed by atoms with Crippen molar-refractivity contribution >= 4 is 29.1 Å². The Kier molecular flexibility index (Phi) is 5.13. The molecule has 110 valence electrons. The number of hydrogen-bond acceptors (Lipinski definition) is 3. The molecule has 1 amide bonds. The molecule has 1 aromatic rings. The van der Waals surface area contributed by atoms with Gasteiger partial charge in [-0.3, -0.25) is 4.79 Å². The van der Waals surface area contributed by atoms with Gasteiger partial charge in [0.1, 0.15) is 5.75 Å². The molecule has 1 aliphatic heterocycles. The Bertz CT molecular complexity index is 502. The molecule has 2 rings (SSSR count). The van der Waals surface area contributed by atoms with Gasteiger partial charge < -0.3 is 15.7 Å². The molecule has 1 fully saturated rings. The first-order valence-corrected chi connectivity index (χ1v) is 7.44. The lowest BCUT2D eigenvalue weighted by Gasteiger charge is -2.24. The van der Waals surface area contributed by atoms with Crippen LogP contribution in [0.15, 0.2) is 12.1 Å². The summed E-state index contributed by atoms with van der Waals surface area (Å²) in [6.45, 7) is 3.50. The van der Waals surface area contributed by atoms with Gasteiger partial charge in [-0.05, 0) is 45.0 Å². The normalized spacial score (nSPS) is 17.8. The zero-order valence-corrected chi connectivity index (χ0v) is 12.8.